The fraction of sp³-hybridized carbons (Fsp3) is 0.323. The summed E-state index contributed by atoms with van der Waals surface area (Å²) >= 11 is 6.71. The topological polar surface area (TPSA) is 84.2 Å². The lowest BCUT2D eigenvalue weighted by Crippen LogP contribution is -2.58. The van der Waals surface area contributed by atoms with Crippen molar-refractivity contribution in [3.63, 3.8) is 0 Å². The Bertz CT molecular complexity index is 1790. The highest BCUT2D eigenvalue weighted by atomic mass is 35.5. The zero-order chi connectivity index (χ0) is 30.5. The van der Waals surface area contributed by atoms with E-state index in [9.17, 15) is 18.4 Å². The number of fused-ring (bicyclic) bond motifs is 1. The van der Waals surface area contributed by atoms with Gasteiger partial charge in [-0.05, 0) is 68.7 Å². The number of nitrogens with zero attached hydrogens (tertiary/aromatic N) is 6. The number of benzene rings is 1. The number of carbonyl (C=O) groups is 1. The van der Waals surface area contributed by atoms with Gasteiger partial charge in [-0.1, -0.05) is 32.0 Å². The minimum atomic E-state index is -0.709. The molecule has 2 unspecified atom stereocenters. The summed E-state index contributed by atoms with van der Waals surface area (Å²) in [6.07, 6.45) is 2.96. The second-order valence-electron chi connectivity index (χ2n) is 10.9. The summed E-state index contributed by atoms with van der Waals surface area (Å²) in [7, 11) is 0. The number of amides is 1. The van der Waals surface area contributed by atoms with Gasteiger partial charge in [-0.3, -0.25) is 9.78 Å². The Morgan fingerprint density at radius 3 is 2.55 bits per heavy atom. The van der Waals surface area contributed by atoms with E-state index in [0.29, 0.717) is 35.7 Å². The molecule has 2 atom stereocenters. The highest BCUT2D eigenvalue weighted by Crippen LogP contribution is 2.36. The van der Waals surface area contributed by atoms with Crippen LogP contribution in [0.4, 0.5) is 14.6 Å². The number of pyridine rings is 2. The zero-order valence-electron chi connectivity index (χ0n) is 24.0. The largest absolute Gasteiger partial charge is 0.355 e. The van der Waals surface area contributed by atoms with Gasteiger partial charge in [0.2, 0.25) is 5.91 Å². The molecule has 0 spiro atoms. The molecule has 8 nitrogen and oxygen atoms in total. The first kappa shape index (κ1) is 29.3. The molecule has 1 aromatic carbocycles. The predicted octanol–water partition coefficient (Wildman–Crippen LogP) is 5.82. The SMILES string of the molecule is C=CC(=O)N1CC(C)N(c2nc(=O)n(-c3c(C)ccnc3C(C)C)c3nc(-c4cc(F)ccc4F)c(Cl)cc23)CC1C. The lowest BCUT2D eigenvalue weighted by molar-refractivity contribution is -0.128. The second-order valence-corrected chi connectivity index (χ2v) is 11.3. The molecule has 0 saturated carbocycles. The molecule has 4 aromatic rings. The third kappa shape index (κ3) is 5.04. The highest BCUT2D eigenvalue weighted by Gasteiger charge is 2.34. The van der Waals surface area contributed by atoms with Gasteiger partial charge in [-0.15, -0.1) is 0 Å². The molecule has 0 bridgehead atoms. The minimum absolute atomic E-state index is 0.0121. The van der Waals surface area contributed by atoms with Crippen LogP contribution in [0.1, 0.15) is 44.9 Å². The van der Waals surface area contributed by atoms with Gasteiger partial charge in [0.1, 0.15) is 17.5 Å². The number of hydrogen-bond donors (Lipinski definition) is 0. The molecule has 1 saturated heterocycles. The molecule has 0 N–H and O–H groups in total. The van der Waals surface area contributed by atoms with E-state index >= 15 is 0 Å². The molecular formula is C31H31ClF2N6O2. The van der Waals surface area contributed by atoms with Crippen molar-refractivity contribution < 1.29 is 13.6 Å². The molecule has 1 fully saturated rings. The second kappa shape index (κ2) is 11.2. The maximum atomic E-state index is 15.0. The van der Waals surface area contributed by atoms with Gasteiger partial charge in [0.15, 0.2) is 5.65 Å². The Hall–Kier alpha value is -4.18. The third-order valence-electron chi connectivity index (χ3n) is 7.63. The van der Waals surface area contributed by atoms with Gasteiger partial charge in [0.05, 0.1) is 27.5 Å². The quantitative estimate of drug-likeness (QED) is 0.272. The van der Waals surface area contributed by atoms with Crippen LogP contribution < -0.4 is 10.6 Å². The van der Waals surface area contributed by atoms with Crippen molar-refractivity contribution in [2.45, 2.75) is 52.6 Å². The maximum Gasteiger partial charge on any atom is 0.355 e. The van der Waals surface area contributed by atoms with Crippen molar-refractivity contribution >= 4 is 34.4 Å². The first-order valence-electron chi connectivity index (χ1n) is 13.7. The van der Waals surface area contributed by atoms with Gasteiger partial charge >= 0.3 is 5.69 Å². The summed E-state index contributed by atoms with van der Waals surface area (Å²) in [4.78, 5) is 43.9. The van der Waals surface area contributed by atoms with Crippen LogP contribution >= 0.6 is 11.6 Å². The number of aryl methyl sites for hydroxylation is 1. The van der Waals surface area contributed by atoms with Crippen LogP contribution in [0.5, 0.6) is 0 Å². The number of rotatable bonds is 5. The van der Waals surface area contributed by atoms with Gasteiger partial charge in [-0.25, -0.2) is 23.1 Å². The van der Waals surface area contributed by atoms with Gasteiger partial charge in [0, 0.05) is 36.9 Å². The summed E-state index contributed by atoms with van der Waals surface area (Å²) in [6.45, 7) is 14.0. The lowest BCUT2D eigenvalue weighted by atomic mass is 10.0. The number of anilines is 1. The number of aromatic nitrogens is 4. The average Bonchev–Trinajstić information content (AvgIpc) is 2.95. The fourth-order valence-electron chi connectivity index (χ4n) is 5.52. The Morgan fingerprint density at radius 2 is 1.86 bits per heavy atom. The van der Waals surface area contributed by atoms with Crippen molar-refractivity contribution in [1.82, 2.24) is 24.4 Å². The maximum absolute atomic E-state index is 15.0. The van der Waals surface area contributed by atoms with Gasteiger partial charge < -0.3 is 9.80 Å². The van der Waals surface area contributed by atoms with Crippen molar-refractivity contribution in [2.75, 3.05) is 18.0 Å². The summed E-state index contributed by atoms with van der Waals surface area (Å²) in [5.41, 5.74) is 1.36. The van der Waals surface area contributed by atoms with Crippen LogP contribution in [0.25, 0.3) is 28.0 Å². The van der Waals surface area contributed by atoms with Crippen LogP contribution in [0.2, 0.25) is 5.02 Å². The van der Waals surface area contributed by atoms with E-state index in [4.69, 9.17) is 16.6 Å². The van der Waals surface area contributed by atoms with Crippen molar-refractivity contribution in [1.29, 1.82) is 0 Å². The Labute approximate surface area is 247 Å². The van der Waals surface area contributed by atoms with Crippen LogP contribution in [0.15, 0.2) is 54.0 Å². The third-order valence-corrected chi connectivity index (χ3v) is 7.91. The normalized spacial score (nSPS) is 17.3. The Morgan fingerprint density at radius 1 is 1.12 bits per heavy atom. The molecule has 11 heteroatoms. The summed E-state index contributed by atoms with van der Waals surface area (Å²) in [6, 6.07) is 5.99. The molecule has 42 heavy (non-hydrogen) atoms. The zero-order valence-corrected chi connectivity index (χ0v) is 24.8. The fourth-order valence-corrected chi connectivity index (χ4v) is 5.78. The van der Waals surface area contributed by atoms with Crippen LogP contribution in [-0.2, 0) is 4.79 Å². The molecule has 1 aliphatic heterocycles. The van der Waals surface area contributed by atoms with E-state index in [2.05, 4.69) is 16.5 Å². The predicted molar refractivity (Wildman–Crippen MR) is 160 cm³/mol. The van der Waals surface area contributed by atoms with E-state index in [1.165, 1.54) is 10.6 Å². The van der Waals surface area contributed by atoms with E-state index in [0.717, 1.165) is 23.8 Å². The van der Waals surface area contributed by atoms with E-state index in [-0.39, 0.29) is 45.8 Å². The number of hydrogen-bond acceptors (Lipinski definition) is 6. The molecule has 218 valence electrons. The average molecular weight is 593 g/mol. The highest BCUT2D eigenvalue weighted by molar-refractivity contribution is 6.33. The van der Waals surface area contributed by atoms with Gasteiger partial charge in [-0.2, -0.15) is 4.98 Å². The van der Waals surface area contributed by atoms with Crippen molar-refractivity contribution in [2.24, 2.45) is 0 Å². The van der Waals surface area contributed by atoms with Gasteiger partial charge in [0.25, 0.3) is 0 Å². The monoisotopic (exact) mass is 592 g/mol. The lowest BCUT2D eigenvalue weighted by Gasteiger charge is -2.44. The van der Waals surface area contributed by atoms with E-state index in [1.54, 1.807) is 23.2 Å². The molecular weight excluding hydrogens is 562 g/mol. The minimum Gasteiger partial charge on any atom is -0.349 e. The van der Waals surface area contributed by atoms with Crippen LogP contribution in [-0.4, -0.2) is 55.5 Å². The molecule has 0 radical (unpaired) electrons. The van der Waals surface area contributed by atoms with Crippen molar-refractivity contribution in [3.8, 4) is 16.9 Å². The first-order valence-corrected chi connectivity index (χ1v) is 14.0. The van der Waals surface area contributed by atoms with Crippen LogP contribution in [0, 0.1) is 18.6 Å². The Kier molecular flexibility index (Phi) is 7.85. The van der Waals surface area contributed by atoms with Crippen molar-refractivity contribution in [3.05, 3.63) is 87.6 Å². The molecule has 1 amide bonds. The number of carbonyl (C=O) groups excluding carboxylic acids is 1. The summed E-state index contributed by atoms with van der Waals surface area (Å²) < 4.78 is 30.6. The smallest absolute Gasteiger partial charge is 0.349 e. The molecule has 5 rings (SSSR count). The standard InChI is InChI=1S/C31H31ClF2N6O2/c1-7-25(41)38-14-19(6)39(15-18(38)5)29-22-13-23(32)27(21-12-20(33)8-9-24(21)34)36-30(22)40(31(42)37-29)28-17(4)10-11-35-26(28)16(2)3/h7-13,16,18-19H,1,14-15H2,2-6H3. The number of halogens is 3. The molecule has 0 aliphatic carbocycles. The summed E-state index contributed by atoms with van der Waals surface area (Å²) in [5.74, 6) is -1.26. The first-order chi connectivity index (χ1) is 19.9. The summed E-state index contributed by atoms with van der Waals surface area (Å²) in [5, 5.41) is 0.508. The molecule has 1 aliphatic rings. The van der Waals surface area contributed by atoms with E-state index in [1.807, 2.05) is 39.5 Å². The Balaban J connectivity index is 1.84. The van der Waals surface area contributed by atoms with Crippen LogP contribution in [0.3, 0.4) is 0 Å². The number of piperazine rings is 1. The van der Waals surface area contributed by atoms with E-state index < -0.39 is 17.3 Å². The molecule has 3 aromatic heterocycles. The molecule has 4 heterocycles.